The van der Waals surface area contributed by atoms with Crippen LogP contribution in [0.4, 0.5) is 0 Å². The SMILES string of the molecule is CCC(=O)O[C@]1(C(=O)COCNC(=O)CNC(=O)[C@H](C)NC(=O)[C@H](CCC(=O)O)NC(=O)CNC(=O)CCN2C(=O)C(Br)=C(Br)C2=O)[C@@H](C)CC2[C@@H]3CCC4=CC(=O)C=C[C@]4(C)[C@@]3(Cl)[C@@H](O)C[C@@]21C. The Kier molecular flexibility index (Phi) is 17.6. The number of carbonyl (C=O) groups excluding carboxylic acids is 10. The van der Waals surface area contributed by atoms with E-state index in [2.05, 4.69) is 58.4 Å². The molecule has 1 heterocycles. The van der Waals surface area contributed by atoms with Gasteiger partial charge < -0.3 is 46.3 Å². The Hall–Kier alpha value is -4.84. The summed E-state index contributed by atoms with van der Waals surface area (Å²) in [6, 6.07) is -2.76. The summed E-state index contributed by atoms with van der Waals surface area (Å²) in [5.41, 5.74) is -2.81. The number of allylic oxidation sites excluding steroid dienone is 4. The van der Waals surface area contributed by atoms with Gasteiger partial charge in [-0.05, 0) is 94.9 Å². The summed E-state index contributed by atoms with van der Waals surface area (Å²) >= 11 is 13.5. The third-order valence-electron chi connectivity index (χ3n) is 14.3. The van der Waals surface area contributed by atoms with Crippen molar-refractivity contribution in [2.45, 2.75) is 115 Å². The molecule has 0 aromatic carbocycles. The summed E-state index contributed by atoms with van der Waals surface area (Å²) in [5, 5.41) is 32.9. The van der Waals surface area contributed by atoms with E-state index in [1.807, 2.05) is 20.8 Å². The second kappa shape index (κ2) is 22.1. The first-order chi connectivity index (χ1) is 32.3. The Bertz CT molecular complexity index is 2270. The number of nitrogens with zero attached hydrogens (tertiary/aromatic N) is 1. The summed E-state index contributed by atoms with van der Waals surface area (Å²) in [6.07, 6.45) is 3.87. The maximum absolute atomic E-state index is 14.5. The second-order valence-electron chi connectivity index (χ2n) is 18.4. The van der Waals surface area contributed by atoms with E-state index in [9.17, 15) is 63.0 Å². The lowest BCUT2D eigenvalue weighted by atomic mass is 9.45. The number of fused-ring (bicyclic) bond motifs is 5. The molecule has 0 aromatic rings. The van der Waals surface area contributed by atoms with Crippen LogP contribution in [0.3, 0.4) is 0 Å². The van der Waals surface area contributed by atoms with Gasteiger partial charge in [-0.25, -0.2) is 0 Å². The summed E-state index contributed by atoms with van der Waals surface area (Å²) in [7, 11) is 0. The first kappa shape index (κ1) is 55.1. The quantitative estimate of drug-likeness (QED) is 0.0278. The number of ether oxygens (including phenoxy) is 2. The van der Waals surface area contributed by atoms with Crippen LogP contribution < -0.4 is 26.6 Å². The predicted molar refractivity (Wildman–Crippen MR) is 249 cm³/mol. The van der Waals surface area contributed by atoms with E-state index < -0.39 is 144 Å². The zero-order valence-electron chi connectivity index (χ0n) is 38.7. The number of alkyl halides is 1. The molecule has 378 valence electrons. The monoisotopic (exact) mass is 1110 g/mol. The van der Waals surface area contributed by atoms with Gasteiger partial charge in [-0.15, -0.1) is 11.6 Å². The fourth-order valence-electron chi connectivity index (χ4n) is 10.8. The van der Waals surface area contributed by atoms with Crippen molar-refractivity contribution in [1.82, 2.24) is 31.5 Å². The van der Waals surface area contributed by atoms with Gasteiger partial charge in [0.05, 0.1) is 24.1 Å². The molecule has 0 bridgehead atoms. The highest BCUT2D eigenvalue weighted by molar-refractivity contribution is 9.14. The zero-order valence-corrected chi connectivity index (χ0v) is 42.6. The first-order valence-corrected chi connectivity index (χ1v) is 24.4. The molecule has 21 nitrogen and oxygen atoms in total. The summed E-state index contributed by atoms with van der Waals surface area (Å²) < 4.78 is 11.8. The number of carboxylic acid groups (broad SMARTS) is 1. The summed E-state index contributed by atoms with van der Waals surface area (Å²) in [6.45, 7) is 5.81. The highest BCUT2D eigenvalue weighted by Gasteiger charge is 2.76. The fourth-order valence-corrected chi connectivity index (χ4v) is 12.1. The lowest BCUT2D eigenvalue weighted by Crippen LogP contribution is -2.69. The molecule has 5 aliphatic rings. The molecule has 69 heavy (non-hydrogen) atoms. The number of aliphatic hydroxyl groups is 1. The summed E-state index contributed by atoms with van der Waals surface area (Å²) in [4.78, 5) is 139. The summed E-state index contributed by atoms with van der Waals surface area (Å²) in [5.74, 6) is -9.20. The highest BCUT2D eigenvalue weighted by Crippen LogP contribution is 2.72. The van der Waals surface area contributed by atoms with Crippen LogP contribution in [0.2, 0.25) is 0 Å². The number of imide groups is 1. The van der Waals surface area contributed by atoms with Gasteiger partial charge in [-0.2, -0.15) is 0 Å². The number of halogens is 3. The average molecular weight is 1120 g/mol. The molecule has 10 atom stereocenters. The second-order valence-corrected chi connectivity index (χ2v) is 20.6. The number of aliphatic hydroxyl groups excluding tert-OH is 1. The number of Topliss-reactive ketones (excluding diaryl/α,β-unsaturated/α-hetero) is 1. The van der Waals surface area contributed by atoms with Crippen LogP contribution >= 0.6 is 43.5 Å². The molecule has 3 saturated carbocycles. The molecule has 1 unspecified atom stereocenters. The number of nitrogens with one attached hydrogen (secondary N) is 5. The van der Waals surface area contributed by atoms with E-state index in [0.717, 1.165) is 10.5 Å². The highest BCUT2D eigenvalue weighted by atomic mass is 79.9. The van der Waals surface area contributed by atoms with Crippen LogP contribution in [0.1, 0.15) is 86.0 Å². The number of hydrogen-bond donors (Lipinski definition) is 7. The maximum atomic E-state index is 14.5. The number of amides is 7. The van der Waals surface area contributed by atoms with Crippen LogP contribution in [-0.2, 0) is 62.2 Å². The lowest BCUT2D eigenvalue weighted by molar-refractivity contribution is -0.203. The van der Waals surface area contributed by atoms with Crippen molar-refractivity contribution in [1.29, 1.82) is 0 Å². The fraction of sp³-hybridized carbons (Fsp3) is 0.622. The molecule has 0 saturated heterocycles. The van der Waals surface area contributed by atoms with Gasteiger partial charge in [-0.1, -0.05) is 39.3 Å². The first-order valence-electron chi connectivity index (χ1n) is 22.5. The van der Waals surface area contributed by atoms with E-state index >= 15 is 0 Å². The Labute approximate surface area is 419 Å². The van der Waals surface area contributed by atoms with E-state index in [4.69, 9.17) is 21.1 Å². The van der Waals surface area contributed by atoms with Crippen molar-refractivity contribution in [2.75, 3.05) is 33.0 Å². The van der Waals surface area contributed by atoms with Gasteiger partial charge in [-0.3, -0.25) is 57.6 Å². The number of rotatable bonds is 21. The van der Waals surface area contributed by atoms with Gasteiger partial charge >= 0.3 is 11.9 Å². The molecular weight excluding hydrogens is 1060 g/mol. The van der Waals surface area contributed by atoms with Crippen molar-refractivity contribution in [3.8, 4) is 0 Å². The molecule has 3 fully saturated rings. The van der Waals surface area contributed by atoms with Crippen LogP contribution in [0.5, 0.6) is 0 Å². The molecule has 0 spiro atoms. The number of ketones is 2. The molecule has 0 aromatic heterocycles. The average Bonchev–Trinajstić information content (AvgIpc) is 3.62. The molecule has 1 aliphatic heterocycles. The standard InChI is InChI=1S/C45H57Br2ClN6O15/c1-6-35(63)69-45(22(2)15-27-26-8-7-24-16-25(55)11-13-42(24,4)44(26,48)29(56)17-43(27,45)5)30(57)20-68-21-51-32(59)18-50-38(64)23(3)52-39(65)28(9-10-34(61)62)53-33(60)19-49-31(58)12-14-54-40(66)36(46)37(47)41(54)67/h11,13,16,22-23,26-29,56H,6-10,12,14-15,17-21H2,1-5H3,(H,49,58)(H,50,64)(H,51,59)(H,52,65)(H,53,60)(H,61,62)/t22-,23-,26-,27?,28-,29-,42-,43-,44-,45-/m0/s1. The minimum absolute atomic E-state index is 0.00385. The van der Waals surface area contributed by atoms with Gasteiger partial charge in [0.25, 0.3) is 11.8 Å². The van der Waals surface area contributed by atoms with Gasteiger partial charge in [0.15, 0.2) is 11.4 Å². The third kappa shape index (κ3) is 10.9. The van der Waals surface area contributed by atoms with Crippen molar-refractivity contribution >= 4 is 108 Å². The number of aliphatic carboxylic acids is 1. The number of carboxylic acids is 1. The van der Waals surface area contributed by atoms with E-state index in [1.165, 1.54) is 13.0 Å². The number of esters is 1. The Balaban J connectivity index is 1.10. The van der Waals surface area contributed by atoms with Crippen molar-refractivity contribution in [3.05, 3.63) is 32.8 Å². The normalized spacial score (nSPS) is 30.0. The van der Waals surface area contributed by atoms with Crippen LogP contribution in [0, 0.1) is 28.6 Å². The van der Waals surface area contributed by atoms with E-state index in [0.29, 0.717) is 19.3 Å². The molecule has 7 N–H and O–H groups in total. The van der Waals surface area contributed by atoms with Gasteiger partial charge in [0.1, 0.15) is 34.4 Å². The predicted octanol–water partition coefficient (Wildman–Crippen LogP) is 1.07. The van der Waals surface area contributed by atoms with Gasteiger partial charge in [0, 0.05) is 42.6 Å². The molecule has 4 aliphatic carbocycles. The van der Waals surface area contributed by atoms with Crippen LogP contribution in [0.25, 0.3) is 0 Å². The van der Waals surface area contributed by atoms with E-state index in [-0.39, 0.29) is 52.4 Å². The molecule has 0 radical (unpaired) electrons. The lowest BCUT2D eigenvalue weighted by Gasteiger charge is -2.64. The minimum Gasteiger partial charge on any atom is -0.481 e. The maximum Gasteiger partial charge on any atom is 0.306 e. The minimum atomic E-state index is -1.72. The van der Waals surface area contributed by atoms with Gasteiger partial charge in [0.2, 0.25) is 35.3 Å². The largest absolute Gasteiger partial charge is 0.481 e. The zero-order chi connectivity index (χ0) is 51.4. The molecule has 7 amide bonds. The molecule has 5 rings (SSSR count). The van der Waals surface area contributed by atoms with Crippen molar-refractivity contribution in [3.63, 3.8) is 0 Å². The van der Waals surface area contributed by atoms with Crippen LogP contribution in [-0.4, -0.2) is 142 Å². The number of hydrogen-bond acceptors (Lipinski definition) is 14. The smallest absolute Gasteiger partial charge is 0.306 e. The Morgan fingerprint density at radius 1 is 0.913 bits per heavy atom. The Morgan fingerprint density at radius 2 is 1.57 bits per heavy atom. The topological polar surface area (TPSA) is 310 Å². The molecular formula is C45H57Br2ClN6O15. The van der Waals surface area contributed by atoms with Crippen molar-refractivity contribution in [2.24, 2.45) is 28.6 Å². The van der Waals surface area contributed by atoms with E-state index in [1.54, 1.807) is 19.1 Å². The number of carbonyl (C=O) groups is 11. The Morgan fingerprint density at radius 3 is 2.20 bits per heavy atom. The molecule has 24 heteroatoms. The third-order valence-corrected chi connectivity index (χ3v) is 17.2. The van der Waals surface area contributed by atoms with Crippen LogP contribution in [0.15, 0.2) is 32.8 Å². The van der Waals surface area contributed by atoms with Crippen molar-refractivity contribution < 1.29 is 72.4 Å².